The zero-order valence-electron chi connectivity index (χ0n) is 10.1. The Morgan fingerprint density at radius 1 is 1.39 bits per heavy atom. The minimum atomic E-state index is 0.299. The number of halogens is 1. The highest BCUT2D eigenvalue weighted by atomic mass is 35.5. The summed E-state index contributed by atoms with van der Waals surface area (Å²) in [6.45, 7) is 2.02. The van der Waals surface area contributed by atoms with Gasteiger partial charge in [0.1, 0.15) is 5.69 Å². The predicted molar refractivity (Wildman–Crippen MR) is 72.6 cm³/mol. The van der Waals surface area contributed by atoms with Crippen LogP contribution >= 0.6 is 11.6 Å². The molecule has 0 saturated carbocycles. The molecule has 0 bridgehead atoms. The normalized spacial score (nSPS) is 11.3. The van der Waals surface area contributed by atoms with E-state index in [0.29, 0.717) is 16.6 Å². The summed E-state index contributed by atoms with van der Waals surface area (Å²) in [5, 5.41) is 5.66. The number of aryl methyl sites for hydroxylation is 1. The van der Waals surface area contributed by atoms with Crippen molar-refractivity contribution in [2.45, 2.75) is 6.92 Å². The number of nitrogen functional groups attached to an aromatic ring is 1. The van der Waals surface area contributed by atoms with E-state index in [1.54, 1.807) is 6.07 Å². The van der Waals surface area contributed by atoms with Gasteiger partial charge in [0.25, 0.3) is 0 Å². The zero-order valence-corrected chi connectivity index (χ0v) is 10.8. The molecule has 0 saturated heterocycles. The molecule has 0 aliphatic heterocycles. The van der Waals surface area contributed by atoms with E-state index < -0.39 is 0 Å². The molecule has 92 valence electrons. The number of nitrogens with two attached hydrogens (primary N) is 1. The molecule has 0 fully saturated rings. The van der Waals surface area contributed by atoms with E-state index in [-0.39, 0.29) is 0 Å². The van der Waals surface area contributed by atoms with Crippen molar-refractivity contribution in [3.63, 3.8) is 0 Å². The molecule has 3 aromatic rings. The van der Waals surface area contributed by atoms with Gasteiger partial charge in [0.15, 0.2) is 0 Å². The molecule has 2 aromatic heterocycles. The topological polar surface area (TPSA) is 57.0 Å². The van der Waals surface area contributed by atoms with Crippen molar-refractivity contribution in [1.82, 2.24) is 9.72 Å². The average molecular weight is 262 g/mol. The Morgan fingerprint density at radius 2 is 2.17 bits per heavy atom. The summed E-state index contributed by atoms with van der Waals surface area (Å²) in [5.74, 6) is 0.299. The molecule has 0 radical (unpaired) electrons. The lowest BCUT2D eigenvalue weighted by Crippen LogP contribution is -1.90. The lowest BCUT2D eigenvalue weighted by atomic mass is 10.1. The van der Waals surface area contributed by atoms with E-state index >= 15 is 0 Å². The summed E-state index contributed by atoms with van der Waals surface area (Å²) in [7, 11) is 2.00. The third-order valence-corrected chi connectivity index (χ3v) is 3.57. The molecule has 4 nitrogen and oxygen atoms in total. The summed E-state index contributed by atoms with van der Waals surface area (Å²) in [6.07, 6.45) is 0. The van der Waals surface area contributed by atoms with Crippen LogP contribution in [0.3, 0.4) is 0 Å². The van der Waals surface area contributed by atoms with E-state index in [1.165, 1.54) is 0 Å². The molecule has 0 spiro atoms. The molecule has 0 unspecified atom stereocenters. The molecule has 2 N–H and O–H groups in total. The monoisotopic (exact) mass is 261 g/mol. The average Bonchev–Trinajstić information content (AvgIpc) is 2.86. The fourth-order valence-electron chi connectivity index (χ4n) is 2.29. The van der Waals surface area contributed by atoms with Crippen LogP contribution in [0, 0.1) is 6.92 Å². The van der Waals surface area contributed by atoms with Gasteiger partial charge >= 0.3 is 0 Å². The Balaban J connectivity index is 2.45. The Bertz CT molecular complexity index is 742. The van der Waals surface area contributed by atoms with Gasteiger partial charge in [0.05, 0.1) is 10.5 Å². The molecule has 0 aliphatic rings. The molecule has 2 heterocycles. The molecule has 0 aliphatic carbocycles. The third-order valence-electron chi connectivity index (χ3n) is 3.25. The third kappa shape index (κ3) is 1.42. The molecular formula is C13H12ClN3O. The van der Waals surface area contributed by atoms with Crippen LogP contribution in [0.15, 0.2) is 28.8 Å². The highest BCUT2D eigenvalue weighted by Crippen LogP contribution is 2.37. The number of fused-ring (bicyclic) bond motifs is 1. The van der Waals surface area contributed by atoms with E-state index in [2.05, 4.69) is 9.72 Å². The lowest BCUT2D eigenvalue weighted by Gasteiger charge is -1.97. The first-order valence-corrected chi connectivity index (χ1v) is 5.93. The maximum Gasteiger partial charge on any atom is 0.222 e. The fourth-order valence-corrected chi connectivity index (χ4v) is 2.55. The molecule has 0 amide bonds. The van der Waals surface area contributed by atoms with Gasteiger partial charge in [-0.2, -0.15) is 0 Å². The number of hydrogen-bond donors (Lipinski definition) is 1. The molecule has 3 rings (SSSR count). The van der Waals surface area contributed by atoms with E-state index in [9.17, 15) is 0 Å². The minimum absolute atomic E-state index is 0.299. The molecule has 0 atom stereocenters. The summed E-state index contributed by atoms with van der Waals surface area (Å²) in [4.78, 5) is 0. The van der Waals surface area contributed by atoms with Crippen LogP contribution in [-0.2, 0) is 7.05 Å². The number of benzene rings is 1. The molecule has 18 heavy (non-hydrogen) atoms. The smallest absolute Gasteiger partial charge is 0.222 e. The van der Waals surface area contributed by atoms with Gasteiger partial charge < -0.3 is 14.8 Å². The van der Waals surface area contributed by atoms with Gasteiger partial charge in [-0.05, 0) is 19.1 Å². The Hall–Kier alpha value is -1.94. The summed E-state index contributed by atoms with van der Waals surface area (Å²) >= 11 is 6.30. The summed E-state index contributed by atoms with van der Waals surface area (Å²) in [5.41, 5.74) is 9.41. The van der Waals surface area contributed by atoms with Crippen molar-refractivity contribution >= 4 is 28.4 Å². The lowest BCUT2D eigenvalue weighted by molar-refractivity contribution is 0.439. The Kier molecular flexibility index (Phi) is 2.35. The van der Waals surface area contributed by atoms with Crippen LogP contribution in [0.2, 0.25) is 5.02 Å². The van der Waals surface area contributed by atoms with Crippen LogP contribution in [-0.4, -0.2) is 9.72 Å². The molecular weight excluding hydrogens is 250 g/mol. The van der Waals surface area contributed by atoms with Crippen molar-refractivity contribution in [2.24, 2.45) is 7.05 Å². The Labute approximate surface area is 109 Å². The van der Waals surface area contributed by atoms with E-state index in [1.807, 2.05) is 32.2 Å². The molecule has 5 heteroatoms. The fraction of sp³-hybridized carbons (Fsp3) is 0.154. The summed E-state index contributed by atoms with van der Waals surface area (Å²) < 4.78 is 7.03. The van der Waals surface area contributed by atoms with Crippen molar-refractivity contribution in [3.8, 4) is 11.3 Å². The van der Waals surface area contributed by atoms with Crippen LogP contribution in [0.4, 0.5) is 5.88 Å². The quantitative estimate of drug-likeness (QED) is 0.731. The van der Waals surface area contributed by atoms with Crippen molar-refractivity contribution < 1.29 is 4.52 Å². The van der Waals surface area contributed by atoms with Crippen molar-refractivity contribution in [1.29, 1.82) is 0 Å². The summed E-state index contributed by atoms with van der Waals surface area (Å²) in [6, 6.07) is 7.55. The van der Waals surface area contributed by atoms with Crippen molar-refractivity contribution in [3.05, 3.63) is 35.0 Å². The van der Waals surface area contributed by atoms with Crippen molar-refractivity contribution in [2.75, 3.05) is 5.73 Å². The maximum absolute atomic E-state index is 6.30. The number of hydrogen-bond acceptors (Lipinski definition) is 3. The minimum Gasteiger partial charge on any atom is -0.368 e. The molecule has 1 aromatic carbocycles. The second-order valence-corrected chi connectivity index (χ2v) is 4.68. The van der Waals surface area contributed by atoms with Gasteiger partial charge in [-0.25, -0.2) is 0 Å². The second-order valence-electron chi connectivity index (χ2n) is 4.27. The number of aromatic nitrogens is 2. The van der Waals surface area contributed by atoms with Crippen LogP contribution in [0.5, 0.6) is 0 Å². The first kappa shape index (κ1) is 11.2. The zero-order chi connectivity index (χ0) is 12.9. The maximum atomic E-state index is 6.30. The Morgan fingerprint density at radius 3 is 2.83 bits per heavy atom. The van der Waals surface area contributed by atoms with Gasteiger partial charge in [-0.15, -0.1) is 0 Å². The van der Waals surface area contributed by atoms with Gasteiger partial charge in [0.2, 0.25) is 5.88 Å². The largest absolute Gasteiger partial charge is 0.368 e. The van der Waals surface area contributed by atoms with Crippen LogP contribution in [0.25, 0.3) is 22.2 Å². The van der Waals surface area contributed by atoms with Gasteiger partial charge in [0, 0.05) is 29.8 Å². The highest BCUT2D eigenvalue weighted by molar-refractivity contribution is 6.36. The van der Waals surface area contributed by atoms with Gasteiger partial charge in [-0.1, -0.05) is 22.8 Å². The number of anilines is 1. The van der Waals surface area contributed by atoms with E-state index in [4.69, 9.17) is 21.9 Å². The number of nitrogens with zero attached hydrogens (tertiary/aromatic N) is 2. The first-order valence-electron chi connectivity index (χ1n) is 5.55. The standard InChI is InChI=1S/C13H12ClN3O/c1-7-12(9-6-11(15)18-16-9)13-8(14)4-3-5-10(13)17(7)2/h3-6H,15H2,1-2H3. The number of rotatable bonds is 1. The van der Waals surface area contributed by atoms with E-state index in [0.717, 1.165) is 22.2 Å². The van der Waals surface area contributed by atoms with Crippen LogP contribution < -0.4 is 5.73 Å². The highest BCUT2D eigenvalue weighted by Gasteiger charge is 2.18. The van der Waals surface area contributed by atoms with Gasteiger partial charge in [-0.3, -0.25) is 0 Å². The predicted octanol–water partition coefficient (Wildman–Crippen LogP) is 3.38. The van der Waals surface area contributed by atoms with Crippen LogP contribution in [0.1, 0.15) is 5.69 Å². The first-order chi connectivity index (χ1) is 8.59. The SMILES string of the molecule is Cc1c(-c2cc(N)on2)c2c(Cl)cccc2n1C. The second kappa shape index (κ2) is 3.78.